The van der Waals surface area contributed by atoms with Crippen LogP contribution in [-0.2, 0) is 16.0 Å². The number of benzene rings is 1. The zero-order chi connectivity index (χ0) is 13.7. The minimum atomic E-state index is -0.261. The Bertz CT molecular complexity index is 444. The van der Waals surface area contributed by atoms with E-state index in [4.69, 9.17) is 4.74 Å². The van der Waals surface area contributed by atoms with E-state index in [0.29, 0.717) is 0 Å². The number of ether oxygens (including phenoxy) is 1. The van der Waals surface area contributed by atoms with Gasteiger partial charge in [-0.1, -0.05) is 40.5 Å². The Morgan fingerprint density at radius 1 is 1.42 bits per heavy atom. The van der Waals surface area contributed by atoms with E-state index in [0.717, 1.165) is 43.2 Å². The van der Waals surface area contributed by atoms with Crippen LogP contribution in [-0.4, -0.2) is 26.2 Å². The predicted molar refractivity (Wildman–Crippen MR) is 79.0 cm³/mol. The second kappa shape index (κ2) is 6.53. The van der Waals surface area contributed by atoms with Crippen LogP contribution in [0.3, 0.4) is 0 Å². The van der Waals surface area contributed by atoms with Crippen LogP contribution < -0.4 is 5.32 Å². The molecule has 0 bridgehead atoms. The minimum absolute atomic E-state index is 0.0628. The molecule has 0 atom stereocenters. The Balaban J connectivity index is 1.78. The first kappa shape index (κ1) is 14.5. The molecule has 1 fully saturated rings. The summed E-state index contributed by atoms with van der Waals surface area (Å²) in [4.78, 5) is 11.8. The third-order valence-corrected chi connectivity index (χ3v) is 4.70. The molecule has 1 N–H and O–H groups in total. The van der Waals surface area contributed by atoms with Gasteiger partial charge in [-0.2, -0.15) is 0 Å². The predicted octanol–water partition coefficient (Wildman–Crippen LogP) is 2.92. The molecule has 0 heterocycles. The second-order valence-electron chi connectivity index (χ2n) is 5.14. The summed E-state index contributed by atoms with van der Waals surface area (Å²) in [5.74, 6) is -0.0628. The maximum Gasteiger partial charge on any atom is 0.313 e. The van der Waals surface area contributed by atoms with E-state index in [1.54, 1.807) is 0 Å². The molecule has 1 aliphatic rings. The van der Waals surface area contributed by atoms with E-state index in [9.17, 15) is 4.79 Å². The van der Waals surface area contributed by atoms with Gasteiger partial charge >= 0.3 is 5.97 Å². The van der Waals surface area contributed by atoms with Crippen molar-refractivity contribution in [3.05, 3.63) is 34.3 Å². The maximum atomic E-state index is 11.8. The van der Waals surface area contributed by atoms with Gasteiger partial charge in [0.2, 0.25) is 0 Å². The molecule has 104 valence electrons. The Kier molecular flexibility index (Phi) is 4.99. The van der Waals surface area contributed by atoms with E-state index >= 15 is 0 Å². The van der Waals surface area contributed by atoms with E-state index in [2.05, 4.69) is 33.4 Å². The largest absolute Gasteiger partial charge is 0.469 e. The van der Waals surface area contributed by atoms with Gasteiger partial charge in [0, 0.05) is 11.0 Å². The number of methoxy groups -OCH3 is 1. The van der Waals surface area contributed by atoms with Crippen molar-refractivity contribution in [3.63, 3.8) is 0 Å². The number of nitrogens with one attached hydrogen (secondary N) is 1. The lowest BCUT2D eigenvalue weighted by molar-refractivity contribution is -0.158. The summed E-state index contributed by atoms with van der Waals surface area (Å²) < 4.78 is 6.05. The molecule has 1 aromatic carbocycles. The SMILES string of the molecule is COC(=O)C1(CNCCc2ccccc2Br)CCC1. The Labute approximate surface area is 122 Å². The summed E-state index contributed by atoms with van der Waals surface area (Å²) in [6.07, 6.45) is 3.98. The number of carbonyl (C=O) groups is 1. The highest BCUT2D eigenvalue weighted by Crippen LogP contribution is 2.41. The number of halogens is 1. The fourth-order valence-electron chi connectivity index (χ4n) is 2.52. The molecule has 19 heavy (non-hydrogen) atoms. The Morgan fingerprint density at radius 3 is 2.74 bits per heavy atom. The van der Waals surface area contributed by atoms with Crippen LogP contribution in [0, 0.1) is 5.41 Å². The van der Waals surface area contributed by atoms with Crippen molar-refractivity contribution in [2.24, 2.45) is 5.41 Å². The highest BCUT2D eigenvalue weighted by Gasteiger charge is 2.44. The molecule has 3 nitrogen and oxygen atoms in total. The molecule has 0 aliphatic heterocycles. The molecule has 2 rings (SSSR count). The third-order valence-electron chi connectivity index (χ3n) is 3.92. The molecular weight excluding hydrogens is 306 g/mol. The summed E-state index contributed by atoms with van der Waals surface area (Å²) in [6.45, 7) is 1.60. The molecule has 4 heteroatoms. The van der Waals surface area contributed by atoms with Gasteiger partial charge in [0.15, 0.2) is 0 Å². The van der Waals surface area contributed by atoms with Crippen molar-refractivity contribution in [3.8, 4) is 0 Å². The van der Waals surface area contributed by atoms with Crippen molar-refractivity contribution in [1.29, 1.82) is 0 Å². The standard InChI is InChI=1S/C15H20BrNO2/c1-19-14(18)15(8-4-9-15)11-17-10-7-12-5-2-3-6-13(12)16/h2-3,5-6,17H,4,7-11H2,1H3. The molecule has 0 radical (unpaired) electrons. The smallest absolute Gasteiger partial charge is 0.313 e. The Morgan fingerprint density at radius 2 is 2.16 bits per heavy atom. The lowest BCUT2D eigenvalue weighted by atomic mass is 9.68. The summed E-state index contributed by atoms with van der Waals surface area (Å²) in [5, 5.41) is 3.40. The van der Waals surface area contributed by atoms with E-state index in [1.807, 2.05) is 12.1 Å². The van der Waals surface area contributed by atoms with Crippen LogP contribution in [0.15, 0.2) is 28.7 Å². The Hall–Kier alpha value is -0.870. The normalized spacial score (nSPS) is 16.7. The van der Waals surface area contributed by atoms with Crippen LogP contribution in [0.5, 0.6) is 0 Å². The van der Waals surface area contributed by atoms with Crippen molar-refractivity contribution < 1.29 is 9.53 Å². The number of carbonyl (C=O) groups excluding carboxylic acids is 1. The average Bonchev–Trinajstić information content (AvgIpc) is 2.38. The van der Waals surface area contributed by atoms with Crippen LogP contribution in [0.2, 0.25) is 0 Å². The molecule has 1 aliphatic carbocycles. The van der Waals surface area contributed by atoms with Gasteiger partial charge in [-0.05, 0) is 37.4 Å². The van der Waals surface area contributed by atoms with Crippen molar-refractivity contribution in [2.75, 3.05) is 20.2 Å². The topological polar surface area (TPSA) is 38.3 Å². The van der Waals surface area contributed by atoms with Gasteiger partial charge in [-0.25, -0.2) is 0 Å². The summed E-state index contributed by atoms with van der Waals surface area (Å²) in [7, 11) is 1.48. The highest BCUT2D eigenvalue weighted by molar-refractivity contribution is 9.10. The van der Waals surface area contributed by atoms with E-state index in [1.165, 1.54) is 12.7 Å². The van der Waals surface area contributed by atoms with Crippen LogP contribution in [0.25, 0.3) is 0 Å². The van der Waals surface area contributed by atoms with Crippen LogP contribution in [0.1, 0.15) is 24.8 Å². The van der Waals surface area contributed by atoms with Crippen LogP contribution >= 0.6 is 15.9 Å². The van der Waals surface area contributed by atoms with Crippen molar-refractivity contribution in [1.82, 2.24) is 5.32 Å². The third kappa shape index (κ3) is 3.37. The number of hydrogen-bond acceptors (Lipinski definition) is 3. The van der Waals surface area contributed by atoms with Gasteiger partial charge < -0.3 is 10.1 Å². The molecule has 1 aromatic rings. The zero-order valence-corrected chi connectivity index (χ0v) is 12.8. The first-order valence-electron chi connectivity index (χ1n) is 6.70. The summed E-state index contributed by atoms with van der Waals surface area (Å²) >= 11 is 3.55. The lowest BCUT2D eigenvalue weighted by Crippen LogP contribution is -2.47. The maximum absolute atomic E-state index is 11.8. The van der Waals surface area contributed by atoms with Gasteiger partial charge in [0.05, 0.1) is 12.5 Å². The molecule has 0 amide bonds. The molecule has 0 saturated heterocycles. The fraction of sp³-hybridized carbons (Fsp3) is 0.533. The summed E-state index contributed by atoms with van der Waals surface area (Å²) in [5.41, 5.74) is 1.03. The first-order valence-corrected chi connectivity index (χ1v) is 7.50. The molecule has 0 spiro atoms. The minimum Gasteiger partial charge on any atom is -0.469 e. The van der Waals surface area contributed by atoms with Gasteiger partial charge in [0.25, 0.3) is 0 Å². The molecule has 0 aromatic heterocycles. The van der Waals surface area contributed by atoms with Gasteiger partial charge in [-0.3, -0.25) is 4.79 Å². The quantitative estimate of drug-likeness (QED) is 0.645. The zero-order valence-electron chi connectivity index (χ0n) is 11.2. The molecule has 1 saturated carbocycles. The number of rotatable bonds is 6. The van der Waals surface area contributed by atoms with Gasteiger partial charge in [-0.15, -0.1) is 0 Å². The van der Waals surface area contributed by atoms with E-state index in [-0.39, 0.29) is 11.4 Å². The number of esters is 1. The summed E-state index contributed by atoms with van der Waals surface area (Å²) in [6, 6.07) is 8.23. The van der Waals surface area contributed by atoms with Crippen molar-refractivity contribution >= 4 is 21.9 Å². The molecular formula is C15H20BrNO2. The van der Waals surface area contributed by atoms with E-state index < -0.39 is 0 Å². The lowest BCUT2D eigenvalue weighted by Gasteiger charge is -2.39. The fourth-order valence-corrected chi connectivity index (χ4v) is 3.01. The molecule has 0 unspecified atom stereocenters. The highest BCUT2D eigenvalue weighted by atomic mass is 79.9. The monoisotopic (exact) mass is 325 g/mol. The number of hydrogen-bond donors (Lipinski definition) is 1. The first-order chi connectivity index (χ1) is 9.18. The second-order valence-corrected chi connectivity index (χ2v) is 6.00. The van der Waals surface area contributed by atoms with Gasteiger partial charge in [0.1, 0.15) is 0 Å². The van der Waals surface area contributed by atoms with Crippen LogP contribution in [0.4, 0.5) is 0 Å². The van der Waals surface area contributed by atoms with Crippen molar-refractivity contribution in [2.45, 2.75) is 25.7 Å². The average molecular weight is 326 g/mol.